The Bertz CT molecular complexity index is 429. The van der Waals surface area contributed by atoms with Gasteiger partial charge >= 0.3 is 5.69 Å². The van der Waals surface area contributed by atoms with E-state index < -0.39 is 23.6 Å². The van der Waals surface area contributed by atoms with Crippen molar-refractivity contribution >= 4 is 0 Å². The van der Waals surface area contributed by atoms with Crippen molar-refractivity contribution in [3.8, 4) is 0 Å². The van der Waals surface area contributed by atoms with Crippen LogP contribution in [0.5, 0.6) is 0 Å². The molecular formula is C10H14N2O4. The molecule has 6 heteroatoms. The average molecular weight is 226 g/mol. The predicted molar refractivity (Wildman–Crippen MR) is 54.7 cm³/mol. The van der Waals surface area contributed by atoms with Crippen LogP contribution in [0.2, 0.25) is 0 Å². The van der Waals surface area contributed by atoms with E-state index in [0.717, 1.165) is 0 Å². The van der Waals surface area contributed by atoms with E-state index in [-0.39, 0.29) is 13.0 Å². The van der Waals surface area contributed by atoms with Crippen LogP contribution in [0.4, 0.5) is 0 Å². The second kappa shape index (κ2) is 3.97. The summed E-state index contributed by atoms with van der Waals surface area (Å²) in [5.74, 6) is 0. The number of hydrogen-bond acceptors (Lipinski definition) is 5. The lowest BCUT2D eigenvalue weighted by Gasteiger charge is -2.24. The van der Waals surface area contributed by atoms with Gasteiger partial charge in [-0.3, -0.25) is 4.57 Å². The van der Waals surface area contributed by atoms with Crippen molar-refractivity contribution in [3.05, 3.63) is 28.9 Å². The third-order valence-corrected chi connectivity index (χ3v) is 2.69. The van der Waals surface area contributed by atoms with E-state index in [1.807, 2.05) is 0 Å². The largest absolute Gasteiger partial charge is 0.394 e. The summed E-state index contributed by atoms with van der Waals surface area (Å²) in [6, 6.07) is 1.59. The molecule has 0 aliphatic carbocycles. The van der Waals surface area contributed by atoms with Gasteiger partial charge in [-0.15, -0.1) is 0 Å². The molecule has 0 radical (unpaired) electrons. The highest BCUT2D eigenvalue weighted by Crippen LogP contribution is 2.36. The highest BCUT2D eigenvalue weighted by Gasteiger charge is 2.45. The summed E-state index contributed by atoms with van der Waals surface area (Å²) in [5, 5.41) is 19.1. The molecule has 1 aliphatic heterocycles. The van der Waals surface area contributed by atoms with E-state index in [2.05, 4.69) is 4.98 Å². The zero-order valence-corrected chi connectivity index (χ0v) is 8.91. The first-order chi connectivity index (χ1) is 7.54. The Morgan fingerprint density at radius 3 is 3.06 bits per heavy atom. The molecule has 3 atom stereocenters. The summed E-state index contributed by atoms with van der Waals surface area (Å²) in [6.45, 7) is 1.40. The molecule has 1 saturated heterocycles. The molecule has 0 unspecified atom stereocenters. The first kappa shape index (κ1) is 11.3. The van der Waals surface area contributed by atoms with E-state index in [9.17, 15) is 9.90 Å². The van der Waals surface area contributed by atoms with Crippen LogP contribution in [0.1, 0.15) is 19.6 Å². The number of ether oxygens (including phenoxy) is 1. The number of aromatic nitrogens is 2. The van der Waals surface area contributed by atoms with Gasteiger partial charge in [-0.05, 0) is 13.0 Å². The fourth-order valence-corrected chi connectivity index (χ4v) is 1.96. The van der Waals surface area contributed by atoms with Crippen LogP contribution < -0.4 is 5.69 Å². The van der Waals surface area contributed by atoms with Gasteiger partial charge in [0.2, 0.25) is 0 Å². The molecule has 0 bridgehead atoms. The molecule has 1 aromatic heterocycles. The van der Waals surface area contributed by atoms with Crippen LogP contribution >= 0.6 is 0 Å². The highest BCUT2D eigenvalue weighted by molar-refractivity contribution is 4.94. The Morgan fingerprint density at radius 1 is 1.75 bits per heavy atom. The lowest BCUT2D eigenvalue weighted by Crippen LogP contribution is -2.38. The van der Waals surface area contributed by atoms with Crippen molar-refractivity contribution in [2.45, 2.75) is 31.3 Å². The molecule has 0 saturated carbocycles. The summed E-state index contributed by atoms with van der Waals surface area (Å²) in [7, 11) is 0. The van der Waals surface area contributed by atoms with Gasteiger partial charge in [0, 0.05) is 18.8 Å². The normalized spacial score (nSPS) is 34.2. The van der Waals surface area contributed by atoms with Crippen molar-refractivity contribution in [2.75, 3.05) is 6.61 Å². The van der Waals surface area contributed by atoms with E-state index in [4.69, 9.17) is 9.84 Å². The van der Waals surface area contributed by atoms with E-state index in [0.29, 0.717) is 0 Å². The maximum atomic E-state index is 11.5. The number of nitrogens with zero attached hydrogens (tertiary/aromatic N) is 2. The molecule has 2 heterocycles. The fraction of sp³-hybridized carbons (Fsp3) is 0.600. The van der Waals surface area contributed by atoms with Gasteiger partial charge in [0.05, 0.1) is 12.7 Å². The monoisotopic (exact) mass is 226 g/mol. The molecule has 6 nitrogen and oxygen atoms in total. The summed E-state index contributed by atoms with van der Waals surface area (Å²) in [5.41, 5.74) is -1.66. The summed E-state index contributed by atoms with van der Waals surface area (Å²) >= 11 is 0. The van der Waals surface area contributed by atoms with Gasteiger partial charge in [-0.2, -0.15) is 0 Å². The quantitative estimate of drug-likeness (QED) is 0.694. The summed E-state index contributed by atoms with van der Waals surface area (Å²) < 4.78 is 6.65. The Morgan fingerprint density at radius 2 is 2.50 bits per heavy atom. The molecule has 88 valence electrons. The molecule has 16 heavy (non-hydrogen) atoms. The fourth-order valence-electron chi connectivity index (χ4n) is 1.96. The van der Waals surface area contributed by atoms with Gasteiger partial charge in [0.1, 0.15) is 5.60 Å². The van der Waals surface area contributed by atoms with Crippen LogP contribution in [0.3, 0.4) is 0 Å². The zero-order chi connectivity index (χ0) is 11.8. The van der Waals surface area contributed by atoms with E-state index >= 15 is 0 Å². The molecule has 2 N–H and O–H groups in total. The van der Waals surface area contributed by atoms with Crippen LogP contribution in [0.15, 0.2) is 23.3 Å². The molecule has 1 aromatic rings. The SMILES string of the molecule is C[C@@]1(O)C[C@@H](CO)O[C@H]1n1cccnc1=O. The molecular weight excluding hydrogens is 212 g/mol. The summed E-state index contributed by atoms with van der Waals surface area (Å²) in [4.78, 5) is 15.1. The maximum absolute atomic E-state index is 11.5. The molecule has 2 rings (SSSR count). The van der Waals surface area contributed by atoms with E-state index in [1.54, 1.807) is 13.0 Å². The van der Waals surface area contributed by atoms with Crippen LogP contribution in [-0.2, 0) is 4.74 Å². The van der Waals surface area contributed by atoms with Gasteiger partial charge < -0.3 is 14.9 Å². The Hall–Kier alpha value is -1.24. The minimum atomic E-state index is -1.18. The second-order valence-electron chi connectivity index (χ2n) is 4.16. The first-order valence-corrected chi connectivity index (χ1v) is 5.06. The minimum absolute atomic E-state index is 0.179. The lowest BCUT2D eigenvalue weighted by molar-refractivity contribution is -0.0896. The average Bonchev–Trinajstić information content (AvgIpc) is 2.54. The number of aliphatic hydroxyl groups is 2. The van der Waals surface area contributed by atoms with Gasteiger partial charge in [-0.1, -0.05) is 0 Å². The van der Waals surface area contributed by atoms with Crippen LogP contribution in [0, 0.1) is 0 Å². The minimum Gasteiger partial charge on any atom is -0.394 e. The van der Waals surface area contributed by atoms with Gasteiger partial charge in [0.15, 0.2) is 6.23 Å². The Labute approximate surface area is 92.1 Å². The zero-order valence-electron chi connectivity index (χ0n) is 8.91. The molecule has 1 fully saturated rings. The number of rotatable bonds is 2. The molecule has 0 amide bonds. The Balaban J connectivity index is 2.35. The maximum Gasteiger partial charge on any atom is 0.349 e. The smallest absolute Gasteiger partial charge is 0.349 e. The predicted octanol–water partition coefficient (Wildman–Crippen LogP) is -0.726. The van der Waals surface area contributed by atoms with Crippen molar-refractivity contribution < 1.29 is 14.9 Å². The molecule has 1 aliphatic rings. The van der Waals surface area contributed by atoms with Crippen molar-refractivity contribution in [1.29, 1.82) is 0 Å². The Kier molecular flexibility index (Phi) is 2.79. The van der Waals surface area contributed by atoms with Crippen LogP contribution in [0.25, 0.3) is 0 Å². The third-order valence-electron chi connectivity index (χ3n) is 2.69. The van der Waals surface area contributed by atoms with E-state index in [1.165, 1.54) is 17.0 Å². The standard InChI is InChI=1S/C10H14N2O4/c1-10(15)5-7(6-13)16-8(10)12-4-2-3-11-9(12)14/h2-4,7-8,13,15H,5-6H2,1H3/t7-,8+,10+/m0/s1. The lowest BCUT2D eigenvalue weighted by atomic mass is 10.0. The van der Waals surface area contributed by atoms with Crippen molar-refractivity contribution in [3.63, 3.8) is 0 Å². The second-order valence-corrected chi connectivity index (χ2v) is 4.16. The molecule has 0 aromatic carbocycles. The summed E-state index contributed by atoms with van der Waals surface area (Å²) in [6.07, 6.45) is 1.92. The highest BCUT2D eigenvalue weighted by atomic mass is 16.5. The van der Waals surface area contributed by atoms with Crippen molar-refractivity contribution in [1.82, 2.24) is 9.55 Å². The topological polar surface area (TPSA) is 84.6 Å². The number of hydrogen-bond donors (Lipinski definition) is 2. The third kappa shape index (κ3) is 1.87. The van der Waals surface area contributed by atoms with Crippen molar-refractivity contribution in [2.24, 2.45) is 0 Å². The van der Waals surface area contributed by atoms with Gasteiger partial charge in [-0.25, -0.2) is 9.78 Å². The molecule has 0 spiro atoms. The van der Waals surface area contributed by atoms with Gasteiger partial charge in [0.25, 0.3) is 0 Å². The van der Waals surface area contributed by atoms with Crippen LogP contribution in [-0.4, -0.2) is 38.1 Å². The first-order valence-electron chi connectivity index (χ1n) is 5.06. The number of aliphatic hydroxyl groups excluding tert-OH is 1.